The van der Waals surface area contributed by atoms with E-state index in [0.29, 0.717) is 23.7 Å². The summed E-state index contributed by atoms with van der Waals surface area (Å²) in [5.41, 5.74) is 6.55. The first-order valence-corrected chi connectivity index (χ1v) is 6.09. The molecule has 0 saturated carbocycles. The summed E-state index contributed by atoms with van der Waals surface area (Å²) < 4.78 is 5.21. The third-order valence-electron chi connectivity index (χ3n) is 2.58. The SMILES string of the molecule is CCOc1ccc(NC(=O)c2ccc(N)c(O)c2)cn1. The molecule has 0 spiro atoms. The first kappa shape index (κ1) is 13.7. The maximum Gasteiger partial charge on any atom is 0.255 e. The highest BCUT2D eigenvalue weighted by Gasteiger charge is 2.08. The van der Waals surface area contributed by atoms with E-state index in [2.05, 4.69) is 10.3 Å². The van der Waals surface area contributed by atoms with Gasteiger partial charge in [-0.2, -0.15) is 0 Å². The highest BCUT2D eigenvalue weighted by Crippen LogP contribution is 2.21. The zero-order chi connectivity index (χ0) is 14.5. The summed E-state index contributed by atoms with van der Waals surface area (Å²) in [5, 5.41) is 12.1. The summed E-state index contributed by atoms with van der Waals surface area (Å²) in [5.74, 6) is 0.0179. The Morgan fingerprint density at radius 3 is 2.80 bits per heavy atom. The molecule has 0 aliphatic heterocycles. The van der Waals surface area contributed by atoms with Crippen molar-refractivity contribution in [1.29, 1.82) is 0 Å². The van der Waals surface area contributed by atoms with Crippen molar-refractivity contribution in [3.63, 3.8) is 0 Å². The van der Waals surface area contributed by atoms with E-state index in [-0.39, 0.29) is 17.3 Å². The fourth-order valence-corrected chi connectivity index (χ4v) is 1.58. The molecule has 1 amide bonds. The molecule has 0 atom stereocenters. The first-order valence-electron chi connectivity index (χ1n) is 6.09. The lowest BCUT2D eigenvalue weighted by Crippen LogP contribution is -2.12. The van der Waals surface area contributed by atoms with E-state index >= 15 is 0 Å². The molecule has 0 unspecified atom stereocenters. The Morgan fingerprint density at radius 1 is 1.40 bits per heavy atom. The molecule has 1 aromatic carbocycles. The van der Waals surface area contributed by atoms with Gasteiger partial charge in [0.05, 0.1) is 24.2 Å². The van der Waals surface area contributed by atoms with Gasteiger partial charge in [-0.05, 0) is 31.2 Å². The molecule has 4 N–H and O–H groups in total. The Labute approximate surface area is 116 Å². The molecular formula is C14H15N3O3. The second kappa shape index (κ2) is 5.92. The van der Waals surface area contributed by atoms with Crippen LogP contribution >= 0.6 is 0 Å². The number of phenols is 1. The van der Waals surface area contributed by atoms with Gasteiger partial charge in [-0.3, -0.25) is 4.79 Å². The van der Waals surface area contributed by atoms with Crippen LogP contribution in [0, 0.1) is 0 Å². The van der Waals surface area contributed by atoms with E-state index in [1.54, 1.807) is 12.1 Å². The van der Waals surface area contributed by atoms with E-state index in [1.807, 2.05) is 6.92 Å². The van der Waals surface area contributed by atoms with Crippen molar-refractivity contribution >= 4 is 17.3 Å². The van der Waals surface area contributed by atoms with E-state index < -0.39 is 0 Å². The molecule has 104 valence electrons. The number of nitrogens with one attached hydrogen (secondary N) is 1. The lowest BCUT2D eigenvalue weighted by Gasteiger charge is -2.07. The largest absolute Gasteiger partial charge is 0.506 e. The molecule has 6 heteroatoms. The van der Waals surface area contributed by atoms with Crippen molar-refractivity contribution < 1.29 is 14.6 Å². The van der Waals surface area contributed by atoms with Crippen molar-refractivity contribution in [2.45, 2.75) is 6.92 Å². The van der Waals surface area contributed by atoms with Crippen molar-refractivity contribution in [2.24, 2.45) is 0 Å². The van der Waals surface area contributed by atoms with Crippen molar-refractivity contribution in [1.82, 2.24) is 4.98 Å². The van der Waals surface area contributed by atoms with Crippen LogP contribution in [0.2, 0.25) is 0 Å². The first-order chi connectivity index (χ1) is 9.60. The number of nitrogens with zero attached hydrogens (tertiary/aromatic N) is 1. The fraction of sp³-hybridized carbons (Fsp3) is 0.143. The van der Waals surface area contributed by atoms with Crippen molar-refractivity contribution in [3.05, 3.63) is 42.1 Å². The molecule has 1 heterocycles. The van der Waals surface area contributed by atoms with Gasteiger partial charge >= 0.3 is 0 Å². The number of anilines is 2. The number of amides is 1. The Bertz CT molecular complexity index is 612. The molecule has 0 radical (unpaired) electrons. The normalized spacial score (nSPS) is 10.1. The molecule has 1 aromatic heterocycles. The summed E-state index contributed by atoms with van der Waals surface area (Å²) in [6.45, 7) is 2.40. The van der Waals surface area contributed by atoms with Crippen LogP contribution in [0.1, 0.15) is 17.3 Å². The minimum Gasteiger partial charge on any atom is -0.506 e. The second-order valence-electron chi connectivity index (χ2n) is 4.05. The standard InChI is InChI=1S/C14H15N3O3/c1-2-20-13-6-4-10(8-16-13)17-14(19)9-3-5-11(15)12(18)7-9/h3-8,18H,2,15H2,1H3,(H,17,19). The maximum absolute atomic E-state index is 12.0. The van der Waals surface area contributed by atoms with E-state index in [4.69, 9.17) is 10.5 Å². The molecule has 2 aromatic rings. The van der Waals surface area contributed by atoms with Crippen LogP contribution < -0.4 is 15.8 Å². The molecule has 2 rings (SSSR count). The number of hydrogen-bond donors (Lipinski definition) is 3. The van der Waals surface area contributed by atoms with Crippen LogP contribution in [0.4, 0.5) is 11.4 Å². The van der Waals surface area contributed by atoms with Crippen molar-refractivity contribution in [3.8, 4) is 11.6 Å². The third kappa shape index (κ3) is 3.17. The number of aromatic hydroxyl groups is 1. The summed E-state index contributed by atoms with van der Waals surface area (Å²) >= 11 is 0. The van der Waals surface area contributed by atoms with Crippen molar-refractivity contribution in [2.75, 3.05) is 17.7 Å². The van der Waals surface area contributed by atoms with Crippen LogP contribution in [0.3, 0.4) is 0 Å². The van der Waals surface area contributed by atoms with Crippen LogP contribution in [-0.4, -0.2) is 22.6 Å². The van der Waals surface area contributed by atoms with Gasteiger partial charge in [0.15, 0.2) is 0 Å². The molecule has 0 bridgehead atoms. The highest BCUT2D eigenvalue weighted by atomic mass is 16.5. The number of carbonyl (C=O) groups excluding carboxylic acids is 1. The lowest BCUT2D eigenvalue weighted by molar-refractivity contribution is 0.102. The van der Waals surface area contributed by atoms with Crippen LogP contribution in [-0.2, 0) is 0 Å². The van der Waals surface area contributed by atoms with Gasteiger partial charge in [-0.25, -0.2) is 4.98 Å². The van der Waals surface area contributed by atoms with E-state index in [0.717, 1.165) is 0 Å². The smallest absolute Gasteiger partial charge is 0.255 e. The number of nitrogen functional groups attached to an aromatic ring is 1. The van der Waals surface area contributed by atoms with Crippen LogP contribution in [0.15, 0.2) is 36.5 Å². The van der Waals surface area contributed by atoms with Gasteiger partial charge < -0.3 is 20.9 Å². The molecule has 6 nitrogen and oxygen atoms in total. The van der Waals surface area contributed by atoms with Crippen LogP contribution in [0.5, 0.6) is 11.6 Å². The van der Waals surface area contributed by atoms with Gasteiger partial charge in [0.2, 0.25) is 5.88 Å². The van der Waals surface area contributed by atoms with Gasteiger partial charge in [-0.1, -0.05) is 0 Å². The van der Waals surface area contributed by atoms with Gasteiger partial charge in [0, 0.05) is 11.6 Å². The highest BCUT2D eigenvalue weighted by molar-refractivity contribution is 6.04. The zero-order valence-corrected chi connectivity index (χ0v) is 11.0. The van der Waals surface area contributed by atoms with Crippen LogP contribution in [0.25, 0.3) is 0 Å². The number of benzene rings is 1. The topological polar surface area (TPSA) is 97.5 Å². The number of phenolic OH excluding ortho intramolecular Hbond substituents is 1. The quantitative estimate of drug-likeness (QED) is 0.585. The average Bonchev–Trinajstić information content (AvgIpc) is 2.44. The number of pyridine rings is 1. The third-order valence-corrected chi connectivity index (χ3v) is 2.58. The summed E-state index contributed by atoms with van der Waals surface area (Å²) in [6.07, 6.45) is 1.50. The molecule has 0 aliphatic rings. The number of carbonyl (C=O) groups is 1. The molecule has 20 heavy (non-hydrogen) atoms. The predicted molar refractivity (Wildman–Crippen MR) is 75.9 cm³/mol. The zero-order valence-electron chi connectivity index (χ0n) is 11.0. The Kier molecular flexibility index (Phi) is 4.05. The van der Waals surface area contributed by atoms with E-state index in [1.165, 1.54) is 24.4 Å². The van der Waals surface area contributed by atoms with Gasteiger partial charge in [-0.15, -0.1) is 0 Å². The van der Waals surface area contributed by atoms with E-state index in [9.17, 15) is 9.90 Å². The fourth-order valence-electron chi connectivity index (χ4n) is 1.58. The number of ether oxygens (including phenoxy) is 1. The second-order valence-corrected chi connectivity index (χ2v) is 4.05. The number of hydrogen-bond acceptors (Lipinski definition) is 5. The molecular weight excluding hydrogens is 258 g/mol. The summed E-state index contributed by atoms with van der Waals surface area (Å²) in [7, 11) is 0. The number of aromatic nitrogens is 1. The lowest BCUT2D eigenvalue weighted by atomic mass is 10.2. The summed E-state index contributed by atoms with van der Waals surface area (Å²) in [4.78, 5) is 16.0. The Morgan fingerprint density at radius 2 is 2.20 bits per heavy atom. The molecule has 0 fully saturated rings. The van der Waals surface area contributed by atoms with Gasteiger partial charge in [0.25, 0.3) is 5.91 Å². The number of nitrogens with two attached hydrogens (primary N) is 1. The number of rotatable bonds is 4. The summed E-state index contributed by atoms with van der Waals surface area (Å²) in [6, 6.07) is 7.67. The maximum atomic E-state index is 12.0. The Balaban J connectivity index is 2.08. The predicted octanol–water partition coefficient (Wildman–Crippen LogP) is 2.02. The Hall–Kier alpha value is -2.76. The average molecular weight is 273 g/mol. The monoisotopic (exact) mass is 273 g/mol. The van der Waals surface area contributed by atoms with Gasteiger partial charge in [0.1, 0.15) is 5.75 Å². The minimum atomic E-state index is -0.355. The minimum absolute atomic E-state index is 0.123. The molecule has 0 aliphatic carbocycles. The molecule has 0 saturated heterocycles.